The third kappa shape index (κ3) is 5.48. The van der Waals surface area contributed by atoms with E-state index in [4.69, 9.17) is 0 Å². The molecular weight excluding hydrogens is 266 g/mol. The van der Waals surface area contributed by atoms with Gasteiger partial charge in [0.1, 0.15) is 9.84 Å². The van der Waals surface area contributed by atoms with Crippen molar-refractivity contribution in [3.63, 3.8) is 0 Å². The van der Waals surface area contributed by atoms with Crippen LogP contribution in [0.4, 0.5) is 0 Å². The van der Waals surface area contributed by atoms with Crippen molar-refractivity contribution < 1.29 is 17.9 Å². The van der Waals surface area contributed by atoms with Crippen LogP contribution in [-0.2, 0) is 19.4 Å². The van der Waals surface area contributed by atoms with Gasteiger partial charge in [-0.05, 0) is 39.3 Å². The summed E-state index contributed by atoms with van der Waals surface area (Å²) in [4.78, 5) is 13.2. The monoisotopic (exact) mass is 291 g/mol. The molecule has 0 heterocycles. The first-order valence-electron chi connectivity index (χ1n) is 6.80. The first-order valence-corrected chi connectivity index (χ1v) is 8.76. The first-order chi connectivity index (χ1) is 8.84. The highest BCUT2D eigenvalue weighted by Crippen LogP contribution is 2.26. The van der Waals surface area contributed by atoms with Gasteiger partial charge < -0.3 is 9.64 Å². The maximum Gasteiger partial charge on any atom is 0.305 e. The van der Waals surface area contributed by atoms with E-state index in [1.165, 1.54) is 13.4 Å². The number of esters is 1. The Kier molecular flexibility index (Phi) is 6.26. The molecule has 0 bridgehead atoms. The molecule has 5 nitrogen and oxygen atoms in total. The Balaban J connectivity index is 2.40. The fraction of sp³-hybridized carbons (Fsp3) is 0.923. The fourth-order valence-corrected chi connectivity index (χ4v) is 3.83. The van der Waals surface area contributed by atoms with Crippen LogP contribution in [0.25, 0.3) is 0 Å². The van der Waals surface area contributed by atoms with E-state index in [1.807, 2.05) is 7.05 Å². The molecular formula is C13H25NO4S. The van der Waals surface area contributed by atoms with Crippen molar-refractivity contribution >= 4 is 15.8 Å². The molecule has 0 saturated heterocycles. The lowest BCUT2D eigenvalue weighted by molar-refractivity contribution is -0.140. The third-order valence-corrected chi connectivity index (χ3v) is 5.59. The maximum atomic E-state index is 11.6. The SMILES string of the molecule is COC(=O)CCCN(C)C1CCCC(S(C)(=O)=O)C1. The highest BCUT2D eigenvalue weighted by Gasteiger charge is 2.30. The summed E-state index contributed by atoms with van der Waals surface area (Å²) in [5.74, 6) is -0.189. The van der Waals surface area contributed by atoms with Gasteiger partial charge in [0, 0.05) is 18.7 Å². The molecule has 1 aliphatic carbocycles. The van der Waals surface area contributed by atoms with Gasteiger partial charge in [-0.2, -0.15) is 0 Å². The lowest BCUT2D eigenvalue weighted by Crippen LogP contribution is -2.40. The van der Waals surface area contributed by atoms with E-state index in [9.17, 15) is 13.2 Å². The molecule has 1 aliphatic rings. The smallest absolute Gasteiger partial charge is 0.305 e. The number of hydrogen-bond acceptors (Lipinski definition) is 5. The minimum Gasteiger partial charge on any atom is -0.469 e. The van der Waals surface area contributed by atoms with Gasteiger partial charge in [0.15, 0.2) is 0 Å². The highest BCUT2D eigenvalue weighted by atomic mass is 32.2. The molecule has 2 unspecified atom stereocenters. The number of ether oxygens (including phenoxy) is 1. The number of methoxy groups -OCH3 is 1. The molecule has 19 heavy (non-hydrogen) atoms. The van der Waals surface area contributed by atoms with E-state index in [1.54, 1.807) is 0 Å². The van der Waals surface area contributed by atoms with E-state index >= 15 is 0 Å². The molecule has 0 N–H and O–H groups in total. The Morgan fingerprint density at radius 3 is 2.63 bits per heavy atom. The van der Waals surface area contributed by atoms with Gasteiger partial charge in [-0.1, -0.05) is 6.42 Å². The fourth-order valence-electron chi connectivity index (χ4n) is 2.67. The van der Waals surface area contributed by atoms with Crippen molar-refractivity contribution in [3.8, 4) is 0 Å². The van der Waals surface area contributed by atoms with Gasteiger partial charge in [-0.15, -0.1) is 0 Å². The average Bonchev–Trinajstić information content (AvgIpc) is 2.37. The molecule has 0 amide bonds. The van der Waals surface area contributed by atoms with Crippen LogP contribution >= 0.6 is 0 Å². The number of nitrogens with zero attached hydrogens (tertiary/aromatic N) is 1. The van der Waals surface area contributed by atoms with Gasteiger partial charge in [0.2, 0.25) is 0 Å². The van der Waals surface area contributed by atoms with Crippen LogP contribution in [-0.4, -0.2) is 57.5 Å². The summed E-state index contributed by atoms with van der Waals surface area (Å²) in [6.07, 6.45) is 6.01. The Morgan fingerprint density at radius 1 is 1.37 bits per heavy atom. The second-order valence-electron chi connectivity index (χ2n) is 5.43. The number of hydrogen-bond donors (Lipinski definition) is 0. The number of carbonyl (C=O) groups is 1. The zero-order valence-corrected chi connectivity index (χ0v) is 12.9. The summed E-state index contributed by atoms with van der Waals surface area (Å²) in [6.45, 7) is 0.802. The van der Waals surface area contributed by atoms with Crippen molar-refractivity contribution in [2.75, 3.05) is 27.0 Å². The van der Waals surface area contributed by atoms with Crippen LogP contribution in [0.15, 0.2) is 0 Å². The van der Waals surface area contributed by atoms with E-state index in [2.05, 4.69) is 9.64 Å². The molecule has 1 saturated carbocycles. The van der Waals surface area contributed by atoms with Gasteiger partial charge in [-0.25, -0.2) is 8.42 Å². The van der Waals surface area contributed by atoms with Crippen LogP contribution in [0.5, 0.6) is 0 Å². The minimum atomic E-state index is -2.93. The average molecular weight is 291 g/mol. The van der Waals surface area contributed by atoms with Crippen LogP contribution < -0.4 is 0 Å². The van der Waals surface area contributed by atoms with Gasteiger partial charge in [0.25, 0.3) is 0 Å². The normalized spacial score (nSPS) is 24.4. The Hall–Kier alpha value is -0.620. The number of carbonyl (C=O) groups excluding carboxylic acids is 1. The summed E-state index contributed by atoms with van der Waals surface area (Å²) in [5, 5.41) is -0.200. The van der Waals surface area contributed by atoms with Crippen LogP contribution in [0.3, 0.4) is 0 Å². The van der Waals surface area contributed by atoms with Gasteiger partial charge >= 0.3 is 5.97 Å². The van der Waals surface area contributed by atoms with Crippen LogP contribution in [0.1, 0.15) is 38.5 Å². The predicted molar refractivity (Wildman–Crippen MR) is 74.8 cm³/mol. The summed E-state index contributed by atoms with van der Waals surface area (Å²) in [5.41, 5.74) is 0. The topological polar surface area (TPSA) is 63.7 Å². The zero-order valence-electron chi connectivity index (χ0n) is 12.1. The molecule has 2 atom stereocenters. The van der Waals surface area contributed by atoms with Crippen LogP contribution in [0.2, 0.25) is 0 Å². The van der Waals surface area contributed by atoms with Crippen molar-refractivity contribution in [3.05, 3.63) is 0 Å². The van der Waals surface area contributed by atoms with E-state index in [0.29, 0.717) is 18.9 Å². The van der Waals surface area contributed by atoms with Crippen molar-refractivity contribution in [2.45, 2.75) is 49.8 Å². The zero-order chi connectivity index (χ0) is 14.5. The third-order valence-electron chi connectivity index (χ3n) is 3.95. The molecule has 0 aromatic carbocycles. The summed E-state index contributed by atoms with van der Waals surface area (Å²) >= 11 is 0. The second kappa shape index (κ2) is 7.24. The first kappa shape index (κ1) is 16.4. The number of rotatable bonds is 6. The van der Waals surface area contributed by atoms with Crippen LogP contribution in [0, 0.1) is 0 Å². The van der Waals surface area contributed by atoms with E-state index in [-0.39, 0.29) is 11.2 Å². The molecule has 0 aromatic heterocycles. The molecule has 112 valence electrons. The Morgan fingerprint density at radius 2 is 2.05 bits per heavy atom. The molecule has 1 fully saturated rings. The number of sulfone groups is 1. The standard InChI is InChI=1S/C13H25NO4S/c1-14(9-5-8-13(15)18-2)11-6-4-7-12(10-11)19(3,16)17/h11-12H,4-10H2,1-3H3. The van der Waals surface area contributed by atoms with Crippen molar-refractivity contribution in [2.24, 2.45) is 0 Å². The maximum absolute atomic E-state index is 11.6. The van der Waals surface area contributed by atoms with Crippen molar-refractivity contribution in [1.29, 1.82) is 0 Å². The minimum absolute atomic E-state index is 0.189. The highest BCUT2D eigenvalue weighted by molar-refractivity contribution is 7.91. The molecule has 0 spiro atoms. The van der Waals surface area contributed by atoms with E-state index < -0.39 is 9.84 Å². The van der Waals surface area contributed by atoms with E-state index in [0.717, 1.165) is 32.2 Å². The van der Waals surface area contributed by atoms with Gasteiger partial charge in [-0.3, -0.25) is 4.79 Å². The summed E-state index contributed by atoms with van der Waals surface area (Å²) in [6, 6.07) is 0.311. The molecule has 1 rings (SSSR count). The quantitative estimate of drug-likeness (QED) is 0.689. The Bertz CT molecular complexity index is 393. The molecule has 6 heteroatoms. The molecule has 0 aliphatic heterocycles. The molecule has 0 aromatic rings. The van der Waals surface area contributed by atoms with Crippen molar-refractivity contribution in [1.82, 2.24) is 4.90 Å². The lowest BCUT2D eigenvalue weighted by atomic mass is 9.94. The largest absolute Gasteiger partial charge is 0.469 e. The summed E-state index contributed by atoms with van der Waals surface area (Å²) < 4.78 is 27.8. The lowest BCUT2D eigenvalue weighted by Gasteiger charge is -2.34. The Labute approximate surface area is 116 Å². The summed E-state index contributed by atoms with van der Waals surface area (Å²) in [7, 11) is 0.468. The van der Waals surface area contributed by atoms with Gasteiger partial charge in [0.05, 0.1) is 12.4 Å². The second-order valence-corrected chi connectivity index (χ2v) is 7.76. The predicted octanol–water partition coefficient (Wildman–Crippen LogP) is 1.23. The molecule has 0 radical (unpaired) electrons.